The molecule has 0 fully saturated rings. The van der Waals surface area contributed by atoms with E-state index in [0.29, 0.717) is 22.9 Å². The molecule has 1 N–H and O–H groups in total. The van der Waals surface area contributed by atoms with Crippen LogP contribution in [0.2, 0.25) is 5.02 Å². The van der Waals surface area contributed by atoms with E-state index in [-0.39, 0.29) is 5.88 Å². The zero-order valence-corrected chi connectivity index (χ0v) is 12.9. The van der Waals surface area contributed by atoms with Crippen LogP contribution in [-0.2, 0) is 6.54 Å². The van der Waals surface area contributed by atoms with Gasteiger partial charge in [0.2, 0.25) is 0 Å². The minimum Gasteiger partial charge on any atom is -0.435 e. The monoisotopic (exact) mass is 308 g/mol. The standard InChI is InChI=1S/C16H18ClFN2O/c1-3-7-19-10-12-6-8-20-16(15(12)18)21-14-9-11(2)4-5-13(14)17/h4-6,8-9,19H,3,7,10H2,1-2H3. The fraction of sp³-hybridized carbons (Fsp3) is 0.312. The summed E-state index contributed by atoms with van der Waals surface area (Å²) in [7, 11) is 0. The van der Waals surface area contributed by atoms with Gasteiger partial charge in [0.15, 0.2) is 5.82 Å². The predicted molar refractivity (Wildman–Crippen MR) is 82.5 cm³/mol. The van der Waals surface area contributed by atoms with Crippen molar-refractivity contribution in [3.8, 4) is 11.6 Å². The number of hydrogen-bond acceptors (Lipinski definition) is 3. The second kappa shape index (κ2) is 7.38. The molecule has 5 heteroatoms. The molecule has 0 bridgehead atoms. The number of nitrogens with one attached hydrogen (secondary N) is 1. The van der Waals surface area contributed by atoms with Gasteiger partial charge in [0.25, 0.3) is 5.88 Å². The summed E-state index contributed by atoms with van der Waals surface area (Å²) in [5, 5.41) is 3.58. The number of ether oxygens (including phenoxy) is 1. The van der Waals surface area contributed by atoms with Crippen molar-refractivity contribution in [3.05, 3.63) is 52.4 Å². The van der Waals surface area contributed by atoms with Crippen LogP contribution in [0.4, 0.5) is 4.39 Å². The highest BCUT2D eigenvalue weighted by Crippen LogP contribution is 2.31. The summed E-state index contributed by atoms with van der Waals surface area (Å²) in [5.41, 5.74) is 1.51. The third kappa shape index (κ3) is 4.16. The van der Waals surface area contributed by atoms with Crippen molar-refractivity contribution < 1.29 is 9.13 Å². The molecule has 0 saturated carbocycles. The fourth-order valence-corrected chi connectivity index (χ4v) is 2.02. The number of hydrogen-bond donors (Lipinski definition) is 1. The minimum atomic E-state index is -0.460. The zero-order chi connectivity index (χ0) is 15.2. The Morgan fingerprint density at radius 3 is 2.90 bits per heavy atom. The van der Waals surface area contributed by atoms with Gasteiger partial charge in [-0.05, 0) is 43.7 Å². The molecule has 0 unspecified atom stereocenters. The highest BCUT2D eigenvalue weighted by atomic mass is 35.5. The smallest absolute Gasteiger partial charge is 0.256 e. The molecule has 21 heavy (non-hydrogen) atoms. The Bertz CT molecular complexity index is 619. The van der Waals surface area contributed by atoms with E-state index in [0.717, 1.165) is 18.5 Å². The van der Waals surface area contributed by atoms with Gasteiger partial charge in [0.05, 0.1) is 5.02 Å². The van der Waals surface area contributed by atoms with Gasteiger partial charge in [-0.25, -0.2) is 9.37 Å². The van der Waals surface area contributed by atoms with Gasteiger partial charge in [0.1, 0.15) is 5.75 Å². The third-order valence-corrected chi connectivity index (χ3v) is 3.29. The summed E-state index contributed by atoms with van der Waals surface area (Å²) in [5.74, 6) is -0.112. The van der Waals surface area contributed by atoms with E-state index in [2.05, 4.69) is 17.2 Å². The number of benzene rings is 1. The van der Waals surface area contributed by atoms with E-state index in [1.54, 1.807) is 18.2 Å². The molecule has 0 aliphatic heterocycles. The largest absolute Gasteiger partial charge is 0.435 e. The maximum Gasteiger partial charge on any atom is 0.256 e. The lowest BCUT2D eigenvalue weighted by Crippen LogP contribution is -2.15. The average molecular weight is 309 g/mol. The normalized spacial score (nSPS) is 10.7. The maximum atomic E-state index is 14.3. The van der Waals surface area contributed by atoms with Crippen LogP contribution < -0.4 is 10.1 Å². The van der Waals surface area contributed by atoms with Crippen molar-refractivity contribution in [3.63, 3.8) is 0 Å². The number of rotatable bonds is 6. The SMILES string of the molecule is CCCNCc1ccnc(Oc2cc(C)ccc2Cl)c1F. The fourth-order valence-electron chi connectivity index (χ4n) is 1.86. The molecule has 0 saturated heterocycles. The summed E-state index contributed by atoms with van der Waals surface area (Å²) in [6, 6.07) is 6.98. The highest BCUT2D eigenvalue weighted by molar-refractivity contribution is 6.32. The van der Waals surface area contributed by atoms with Crippen molar-refractivity contribution in [2.45, 2.75) is 26.8 Å². The Morgan fingerprint density at radius 2 is 2.14 bits per heavy atom. The van der Waals surface area contributed by atoms with E-state index in [9.17, 15) is 4.39 Å². The lowest BCUT2D eigenvalue weighted by molar-refractivity contribution is 0.417. The van der Waals surface area contributed by atoms with E-state index < -0.39 is 5.82 Å². The average Bonchev–Trinajstić information content (AvgIpc) is 2.47. The molecule has 0 radical (unpaired) electrons. The molecular weight excluding hydrogens is 291 g/mol. The molecule has 1 aromatic heterocycles. The topological polar surface area (TPSA) is 34.2 Å². The highest BCUT2D eigenvalue weighted by Gasteiger charge is 2.13. The van der Waals surface area contributed by atoms with Gasteiger partial charge in [-0.3, -0.25) is 0 Å². The summed E-state index contributed by atoms with van der Waals surface area (Å²) in [6.45, 7) is 5.25. The molecule has 0 aliphatic rings. The minimum absolute atomic E-state index is 0.0571. The van der Waals surface area contributed by atoms with Gasteiger partial charge in [-0.2, -0.15) is 0 Å². The lowest BCUT2D eigenvalue weighted by atomic mass is 10.2. The second-order valence-corrected chi connectivity index (χ2v) is 5.21. The summed E-state index contributed by atoms with van der Waals surface area (Å²) in [4.78, 5) is 3.95. The van der Waals surface area contributed by atoms with Crippen LogP contribution >= 0.6 is 11.6 Å². The first kappa shape index (κ1) is 15.7. The maximum absolute atomic E-state index is 14.3. The molecule has 2 rings (SSSR count). The molecule has 0 atom stereocenters. The van der Waals surface area contributed by atoms with Crippen LogP contribution in [-0.4, -0.2) is 11.5 Å². The predicted octanol–water partition coefficient (Wildman–Crippen LogP) is 4.47. The van der Waals surface area contributed by atoms with E-state index in [4.69, 9.17) is 16.3 Å². The molecule has 0 amide bonds. The molecule has 2 aromatic rings. The van der Waals surface area contributed by atoms with Crippen molar-refractivity contribution in [2.24, 2.45) is 0 Å². The van der Waals surface area contributed by atoms with Crippen LogP contribution in [0.3, 0.4) is 0 Å². The van der Waals surface area contributed by atoms with Gasteiger partial charge < -0.3 is 10.1 Å². The number of halogens is 2. The van der Waals surface area contributed by atoms with Crippen molar-refractivity contribution in [1.29, 1.82) is 0 Å². The van der Waals surface area contributed by atoms with Gasteiger partial charge in [-0.1, -0.05) is 24.6 Å². The first-order chi connectivity index (χ1) is 10.1. The first-order valence-electron chi connectivity index (χ1n) is 6.90. The summed E-state index contributed by atoms with van der Waals surface area (Å²) < 4.78 is 19.9. The molecule has 0 spiro atoms. The van der Waals surface area contributed by atoms with E-state index >= 15 is 0 Å². The van der Waals surface area contributed by atoms with Crippen LogP contribution in [0, 0.1) is 12.7 Å². The Balaban J connectivity index is 2.20. The van der Waals surface area contributed by atoms with Gasteiger partial charge >= 0.3 is 0 Å². The number of aromatic nitrogens is 1. The number of pyridine rings is 1. The Morgan fingerprint density at radius 1 is 1.33 bits per heavy atom. The van der Waals surface area contributed by atoms with E-state index in [1.165, 1.54) is 6.20 Å². The molecule has 1 aromatic carbocycles. The first-order valence-corrected chi connectivity index (χ1v) is 7.27. The Labute approximate surface area is 129 Å². The number of nitrogens with zero attached hydrogens (tertiary/aromatic N) is 1. The van der Waals surface area contributed by atoms with Gasteiger partial charge in [0, 0.05) is 18.3 Å². The third-order valence-electron chi connectivity index (χ3n) is 2.97. The molecule has 1 heterocycles. The summed E-state index contributed by atoms with van der Waals surface area (Å²) >= 11 is 6.05. The molecule has 112 valence electrons. The summed E-state index contributed by atoms with van der Waals surface area (Å²) in [6.07, 6.45) is 2.53. The van der Waals surface area contributed by atoms with Crippen LogP contribution in [0.25, 0.3) is 0 Å². The van der Waals surface area contributed by atoms with Crippen molar-refractivity contribution >= 4 is 11.6 Å². The van der Waals surface area contributed by atoms with Crippen LogP contribution in [0.1, 0.15) is 24.5 Å². The number of aryl methyl sites for hydroxylation is 1. The second-order valence-electron chi connectivity index (χ2n) is 4.80. The molecule has 0 aliphatic carbocycles. The molecular formula is C16H18ClFN2O. The Kier molecular flexibility index (Phi) is 5.53. The molecule has 3 nitrogen and oxygen atoms in total. The van der Waals surface area contributed by atoms with Crippen molar-refractivity contribution in [1.82, 2.24) is 10.3 Å². The zero-order valence-electron chi connectivity index (χ0n) is 12.1. The van der Waals surface area contributed by atoms with Crippen molar-refractivity contribution in [2.75, 3.05) is 6.54 Å². The van der Waals surface area contributed by atoms with Gasteiger partial charge in [-0.15, -0.1) is 0 Å². The Hall–Kier alpha value is -1.65. The van der Waals surface area contributed by atoms with Crippen LogP contribution in [0.15, 0.2) is 30.5 Å². The van der Waals surface area contributed by atoms with E-state index in [1.807, 2.05) is 13.0 Å². The quantitative estimate of drug-likeness (QED) is 0.799. The van der Waals surface area contributed by atoms with Crippen LogP contribution in [0.5, 0.6) is 11.6 Å². The lowest BCUT2D eigenvalue weighted by Gasteiger charge is -2.11.